The summed E-state index contributed by atoms with van der Waals surface area (Å²) in [5.74, 6) is 0. The number of rotatable bonds is 6. The first-order valence-corrected chi connectivity index (χ1v) is 12.2. The SMILES string of the molecule is OCP(Cc1ccccc1)(c1ccccc1)(c1ccccc1)c1ccccc1. The normalized spacial score (nSPS) is 12.8. The Bertz CT molecular complexity index is 916. The molecule has 0 aliphatic rings. The second-order valence-electron chi connectivity index (χ2n) is 7.30. The molecule has 2 heteroatoms. The van der Waals surface area contributed by atoms with E-state index in [1.807, 2.05) is 24.3 Å². The Kier molecular flexibility index (Phi) is 5.13. The Morgan fingerprint density at radius 2 is 0.786 bits per heavy atom. The van der Waals surface area contributed by atoms with Gasteiger partial charge in [0.15, 0.2) is 0 Å². The third-order valence-corrected chi connectivity index (χ3v) is 12.1. The Labute approximate surface area is 167 Å². The summed E-state index contributed by atoms with van der Waals surface area (Å²) in [6, 6.07) is 42.4. The Hall–Kier alpha value is -2.73. The molecule has 0 aromatic heterocycles. The van der Waals surface area contributed by atoms with Crippen LogP contribution < -0.4 is 15.9 Å². The first-order chi connectivity index (χ1) is 13.8. The minimum absolute atomic E-state index is 0.0958. The number of aliphatic hydroxyl groups is 1. The summed E-state index contributed by atoms with van der Waals surface area (Å²) in [5.41, 5.74) is 1.24. The van der Waals surface area contributed by atoms with Crippen LogP contribution in [-0.4, -0.2) is 11.5 Å². The van der Waals surface area contributed by atoms with Gasteiger partial charge >= 0.3 is 167 Å². The topological polar surface area (TPSA) is 20.2 Å². The Morgan fingerprint density at radius 3 is 1.11 bits per heavy atom. The molecule has 0 heterocycles. The number of aliphatic hydroxyl groups excluding tert-OH is 1. The summed E-state index contributed by atoms with van der Waals surface area (Å²) >= 11 is 0. The molecule has 0 saturated heterocycles. The van der Waals surface area contributed by atoms with E-state index < -0.39 is 6.60 Å². The maximum atomic E-state index is 11.3. The van der Waals surface area contributed by atoms with Crippen molar-refractivity contribution in [3.63, 3.8) is 0 Å². The van der Waals surface area contributed by atoms with Crippen molar-refractivity contribution in [1.82, 2.24) is 0 Å². The fraction of sp³-hybridized carbons (Fsp3) is 0.0769. The van der Waals surface area contributed by atoms with E-state index in [0.717, 1.165) is 6.16 Å². The van der Waals surface area contributed by atoms with Crippen molar-refractivity contribution in [2.24, 2.45) is 0 Å². The maximum absolute atomic E-state index is 11.3. The van der Waals surface area contributed by atoms with Gasteiger partial charge in [-0.1, -0.05) is 0 Å². The van der Waals surface area contributed by atoms with Gasteiger partial charge < -0.3 is 0 Å². The molecule has 0 aliphatic heterocycles. The number of hydrogen-bond acceptors (Lipinski definition) is 1. The predicted molar refractivity (Wildman–Crippen MR) is 122 cm³/mol. The van der Waals surface area contributed by atoms with Gasteiger partial charge in [0.1, 0.15) is 0 Å². The standard InChI is InChI=1S/C26H25OP/c27-22-28(24-15-7-2-8-16-24,25-17-9-3-10-18-25,26-19-11-4-12-20-26)21-23-13-5-1-6-14-23/h1-20,27H,21-22H2. The summed E-state index contributed by atoms with van der Waals surface area (Å²) in [6.45, 7) is -3.15. The van der Waals surface area contributed by atoms with Gasteiger partial charge in [-0.25, -0.2) is 0 Å². The summed E-state index contributed by atoms with van der Waals surface area (Å²) in [6.07, 6.45) is 0.888. The van der Waals surface area contributed by atoms with Gasteiger partial charge in [0.25, 0.3) is 0 Å². The van der Waals surface area contributed by atoms with Crippen molar-refractivity contribution in [2.75, 3.05) is 6.35 Å². The van der Waals surface area contributed by atoms with Crippen LogP contribution in [0.5, 0.6) is 0 Å². The van der Waals surface area contributed by atoms with Crippen molar-refractivity contribution < 1.29 is 5.11 Å². The Balaban J connectivity index is 2.14. The van der Waals surface area contributed by atoms with E-state index in [9.17, 15) is 5.11 Å². The Morgan fingerprint density at radius 1 is 0.464 bits per heavy atom. The quantitative estimate of drug-likeness (QED) is 0.479. The molecule has 0 saturated carbocycles. The molecule has 0 radical (unpaired) electrons. The number of benzene rings is 4. The molecule has 140 valence electrons. The number of hydrogen-bond donors (Lipinski definition) is 1. The van der Waals surface area contributed by atoms with Crippen LogP contribution in [0.1, 0.15) is 5.56 Å². The van der Waals surface area contributed by atoms with Crippen molar-refractivity contribution in [3.05, 3.63) is 127 Å². The van der Waals surface area contributed by atoms with Crippen LogP contribution in [-0.2, 0) is 6.16 Å². The summed E-state index contributed by atoms with van der Waals surface area (Å²) in [4.78, 5) is 0. The van der Waals surface area contributed by atoms with Crippen LogP contribution in [0.4, 0.5) is 0 Å². The summed E-state index contributed by atoms with van der Waals surface area (Å²) < 4.78 is 0. The zero-order valence-corrected chi connectivity index (χ0v) is 16.8. The molecule has 4 aromatic rings. The van der Waals surface area contributed by atoms with Crippen LogP contribution in [0.25, 0.3) is 0 Å². The van der Waals surface area contributed by atoms with Gasteiger partial charge in [-0.2, -0.15) is 0 Å². The van der Waals surface area contributed by atoms with Gasteiger partial charge in [-0.3, -0.25) is 0 Å². The molecule has 4 rings (SSSR count). The molecule has 0 amide bonds. The molecule has 28 heavy (non-hydrogen) atoms. The zero-order chi connectivity index (χ0) is 19.3. The molecule has 0 atom stereocenters. The molecular weight excluding hydrogens is 359 g/mol. The van der Waals surface area contributed by atoms with E-state index in [1.54, 1.807) is 0 Å². The fourth-order valence-corrected chi connectivity index (χ4v) is 10.1. The molecule has 0 aliphatic carbocycles. The third-order valence-electron chi connectivity index (χ3n) is 5.83. The second kappa shape index (κ2) is 7.72. The van der Waals surface area contributed by atoms with Gasteiger partial charge in [-0.15, -0.1) is 0 Å². The van der Waals surface area contributed by atoms with E-state index in [-0.39, 0.29) is 6.35 Å². The first kappa shape index (κ1) is 18.6. The van der Waals surface area contributed by atoms with Crippen molar-refractivity contribution in [2.45, 2.75) is 6.16 Å². The molecule has 0 unspecified atom stereocenters. The average Bonchev–Trinajstić information content (AvgIpc) is 2.80. The molecule has 1 N–H and O–H groups in total. The molecule has 0 spiro atoms. The summed E-state index contributed by atoms with van der Waals surface area (Å²) in [7, 11) is 0. The van der Waals surface area contributed by atoms with Crippen LogP contribution in [0.2, 0.25) is 0 Å². The third kappa shape index (κ3) is 2.88. The van der Waals surface area contributed by atoms with Crippen molar-refractivity contribution in [1.29, 1.82) is 0 Å². The van der Waals surface area contributed by atoms with Crippen molar-refractivity contribution in [3.8, 4) is 0 Å². The van der Waals surface area contributed by atoms with E-state index in [2.05, 4.69) is 97.1 Å². The van der Waals surface area contributed by atoms with Crippen LogP contribution >= 0.6 is 6.60 Å². The monoisotopic (exact) mass is 384 g/mol. The zero-order valence-electron chi connectivity index (χ0n) is 15.9. The second-order valence-corrected chi connectivity index (χ2v) is 12.5. The molecule has 0 fully saturated rings. The molecule has 0 bridgehead atoms. The van der Waals surface area contributed by atoms with Gasteiger partial charge in [0.2, 0.25) is 0 Å². The summed E-state index contributed by atoms with van der Waals surface area (Å²) in [5, 5.41) is 15.0. The molecule has 4 aromatic carbocycles. The molecular formula is C26H25OP. The van der Waals surface area contributed by atoms with Gasteiger partial charge in [0, 0.05) is 0 Å². The predicted octanol–water partition coefficient (Wildman–Crippen LogP) is 4.67. The molecule has 1 nitrogen and oxygen atoms in total. The van der Waals surface area contributed by atoms with Crippen LogP contribution in [0.3, 0.4) is 0 Å². The van der Waals surface area contributed by atoms with E-state index >= 15 is 0 Å². The van der Waals surface area contributed by atoms with E-state index in [1.165, 1.54) is 21.5 Å². The fourth-order valence-electron chi connectivity index (χ4n) is 4.37. The van der Waals surface area contributed by atoms with E-state index in [0.29, 0.717) is 0 Å². The first-order valence-electron chi connectivity index (χ1n) is 9.62. The minimum atomic E-state index is -3.15. The van der Waals surface area contributed by atoms with Crippen LogP contribution in [0.15, 0.2) is 121 Å². The average molecular weight is 384 g/mol. The van der Waals surface area contributed by atoms with Crippen molar-refractivity contribution >= 4 is 22.5 Å². The van der Waals surface area contributed by atoms with Crippen LogP contribution in [0, 0.1) is 0 Å². The van der Waals surface area contributed by atoms with Gasteiger partial charge in [0.05, 0.1) is 0 Å². The van der Waals surface area contributed by atoms with E-state index in [4.69, 9.17) is 0 Å². The van der Waals surface area contributed by atoms with Gasteiger partial charge in [-0.05, 0) is 0 Å².